The van der Waals surface area contributed by atoms with E-state index >= 15 is 0 Å². The smallest absolute Gasteiger partial charge is 0.308 e. The van der Waals surface area contributed by atoms with Gasteiger partial charge in [0.05, 0.1) is 17.0 Å². The Labute approximate surface area is 106 Å². The predicted octanol–water partition coefficient (Wildman–Crippen LogP) is -0.266. The molecule has 0 radical (unpaired) electrons. The summed E-state index contributed by atoms with van der Waals surface area (Å²) in [5.41, 5.74) is -1.66. The van der Waals surface area contributed by atoms with Gasteiger partial charge in [-0.15, -0.1) is 0 Å². The first kappa shape index (κ1) is 14.4. The molecule has 1 atom stereocenters. The second-order valence-electron chi connectivity index (χ2n) is 3.81. The molecule has 0 saturated carbocycles. The number of aromatic amines is 1. The molecule has 0 fully saturated rings. The highest BCUT2D eigenvalue weighted by molar-refractivity contribution is 5.94. The molecule has 19 heavy (non-hydrogen) atoms. The molecule has 0 aliphatic heterocycles. The average molecular weight is 269 g/mol. The molecule has 3 N–H and O–H groups in total. The van der Waals surface area contributed by atoms with E-state index < -0.39 is 39.5 Å². The highest BCUT2D eigenvalue weighted by Crippen LogP contribution is 2.08. The summed E-state index contributed by atoms with van der Waals surface area (Å²) in [6, 6.07) is 0.833. The molecule has 1 aromatic heterocycles. The first-order valence-corrected chi connectivity index (χ1v) is 5.21. The van der Waals surface area contributed by atoms with E-state index in [1.165, 1.54) is 6.92 Å². The molecule has 1 heterocycles. The number of carbonyl (C=O) groups excluding carboxylic acids is 1. The Hall–Kier alpha value is -2.71. The summed E-state index contributed by atoms with van der Waals surface area (Å²) in [6.07, 6.45) is 0.874. The lowest BCUT2D eigenvalue weighted by atomic mass is 10.2. The lowest BCUT2D eigenvalue weighted by Crippen LogP contribution is -2.34. The lowest BCUT2D eigenvalue weighted by Gasteiger charge is -2.07. The van der Waals surface area contributed by atoms with E-state index in [0.717, 1.165) is 12.3 Å². The molecular weight excluding hydrogens is 258 g/mol. The summed E-state index contributed by atoms with van der Waals surface area (Å²) in [5.74, 6) is -2.80. The molecule has 0 saturated heterocycles. The number of rotatable bonds is 5. The van der Waals surface area contributed by atoms with Crippen molar-refractivity contribution in [3.05, 3.63) is 38.3 Å². The third-order valence-corrected chi connectivity index (χ3v) is 2.33. The molecule has 1 aromatic rings. The van der Waals surface area contributed by atoms with Gasteiger partial charge in [0.2, 0.25) is 0 Å². The molecule has 1 rings (SSSR count). The van der Waals surface area contributed by atoms with E-state index in [1.54, 1.807) is 0 Å². The standard InChI is InChI=1S/C10H11N3O6/c1-5(10(16)17)3-11-8(14)7-2-6(13(18)19)4-12-9(7)15/h2,4-5H,3H2,1H3,(H,11,14)(H,12,15)(H,16,17). The maximum atomic E-state index is 11.6. The van der Waals surface area contributed by atoms with Gasteiger partial charge < -0.3 is 15.4 Å². The fraction of sp³-hybridized carbons (Fsp3) is 0.300. The summed E-state index contributed by atoms with van der Waals surface area (Å²) < 4.78 is 0. The van der Waals surface area contributed by atoms with Crippen molar-refractivity contribution in [2.24, 2.45) is 5.92 Å². The van der Waals surface area contributed by atoms with Gasteiger partial charge in [-0.2, -0.15) is 0 Å². The lowest BCUT2D eigenvalue weighted by molar-refractivity contribution is -0.385. The van der Waals surface area contributed by atoms with E-state index in [0.29, 0.717) is 0 Å². The van der Waals surface area contributed by atoms with Crippen LogP contribution in [0.1, 0.15) is 17.3 Å². The Kier molecular flexibility index (Phi) is 4.35. The van der Waals surface area contributed by atoms with Gasteiger partial charge in [-0.25, -0.2) is 0 Å². The number of carboxylic acids is 1. The Morgan fingerprint density at radius 1 is 1.58 bits per heavy atom. The predicted molar refractivity (Wildman–Crippen MR) is 62.9 cm³/mol. The maximum Gasteiger partial charge on any atom is 0.308 e. The van der Waals surface area contributed by atoms with Crippen LogP contribution in [0.4, 0.5) is 5.69 Å². The Bertz CT molecular complexity index is 579. The number of pyridine rings is 1. The highest BCUT2D eigenvalue weighted by atomic mass is 16.6. The average Bonchev–Trinajstić information content (AvgIpc) is 2.35. The number of nitro groups is 1. The first-order chi connectivity index (χ1) is 8.82. The van der Waals surface area contributed by atoms with E-state index in [-0.39, 0.29) is 6.54 Å². The summed E-state index contributed by atoms with van der Waals surface area (Å²) >= 11 is 0. The quantitative estimate of drug-likeness (QED) is 0.496. The van der Waals surface area contributed by atoms with Crippen LogP contribution in [0.15, 0.2) is 17.1 Å². The number of H-pyrrole nitrogens is 1. The topological polar surface area (TPSA) is 142 Å². The Morgan fingerprint density at radius 2 is 2.21 bits per heavy atom. The second kappa shape index (κ2) is 5.76. The van der Waals surface area contributed by atoms with Gasteiger partial charge >= 0.3 is 5.97 Å². The zero-order chi connectivity index (χ0) is 14.6. The number of nitrogens with zero attached hydrogens (tertiary/aromatic N) is 1. The molecule has 0 aliphatic carbocycles. The highest BCUT2D eigenvalue weighted by Gasteiger charge is 2.18. The van der Waals surface area contributed by atoms with Gasteiger partial charge in [-0.1, -0.05) is 6.92 Å². The minimum absolute atomic E-state index is 0.184. The fourth-order valence-corrected chi connectivity index (χ4v) is 1.17. The van der Waals surface area contributed by atoms with Gasteiger partial charge in [0.25, 0.3) is 17.2 Å². The van der Waals surface area contributed by atoms with Crippen molar-refractivity contribution in [1.82, 2.24) is 10.3 Å². The molecule has 0 spiro atoms. The molecule has 0 aromatic carbocycles. The Morgan fingerprint density at radius 3 is 2.74 bits per heavy atom. The number of nitrogens with one attached hydrogen (secondary N) is 2. The molecule has 0 bridgehead atoms. The molecule has 9 nitrogen and oxygen atoms in total. The molecule has 1 amide bonds. The monoisotopic (exact) mass is 269 g/mol. The van der Waals surface area contributed by atoms with Crippen LogP contribution in [0.3, 0.4) is 0 Å². The van der Waals surface area contributed by atoms with Crippen molar-refractivity contribution in [2.45, 2.75) is 6.92 Å². The van der Waals surface area contributed by atoms with Crippen molar-refractivity contribution in [3.63, 3.8) is 0 Å². The van der Waals surface area contributed by atoms with Crippen LogP contribution in [0, 0.1) is 16.0 Å². The summed E-state index contributed by atoms with van der Waals surface area (Å²) in [7, 11) is 0. The van der Waals surface area contributed by atoms with Crippen LogP contribution in [0.2, 0.25) is 0 Å². The van der Waals surface area contributed by atoms with Gasteiger partial charge in [-0.3, -0.25) is 24.5 Å². The number of amides is 1. The number of aliphatic carboxylic acids is 1. The second-order valence-corrected chi connectivity index (χ2v) is 3.81. The largest absolute Gasteiger partial charge is 0.481 e. The van der Waals surface area contributed by atoms with E-state index in [4.69, 9.17) is 5.11 Å². The number of carboxylic acid groups (broad SMARTS) is 1. The van der Waals surface area contributed by atoms with Crippen LogP contribution in [-0.4, -0.2) is 33.4 Å². The molecule has 1 unspecified atom stereocenters. The third-order valence-electron chi connectivity index (χ3n) is 2.33. The van der Waals surface area contributed by atoms with Gasteiger partial charge in [-0.05, 0) is 0 Å². The zero-order valence-corrected chi connectivity index (χ0v) is 9.87. The van der Waals surface area contributed by atoms with E-state index in [9.17, 15) is 24.5 Å². The van der Waals surface area contributed by atoms with Crippen molar-refractivity contribution >= 4 is 17.6 Å². The molecular formula is C10H11N3O6. The van der Waals surface area contributed by atoms with Crippen LogP contribution < -0.4 is 10.9 Å². The number of aromatic nitrogens is 1. The summed E-state index contributed by atoms with van der Waals surface area (Å²) in [4.78, 5) is 45.4. The summed E-state index contributed by atoms with van der Waals surface area (Å²) in [5, 5.41) is 21.4. The first-order valence-electron chi connectivity index (χ1n) is 5.21. The van der Waals surface area contributed by atoms with Crippen LogP contribution in [0.25, 0.3) is 0 Å². The van der Waals surface area contributed by atoms with Crippen LogP contribution in [-0.2, 0) is 4.79 Å². The minimum atomic E-state index is -1.10. The van der Waals surface area contributed by atoms with Crippen molar-refractivity contribution in [1.29, 1.82) is 0 Å². The SMILES string of the molecule is CC(CNC(=O)c1cc([N+](=O)[O-])c[nH]c1=O)C(=O)O. The normalized spacial score (nSPS) is 11.6. The molecule has 9 heteroatoms. The van der Waals surface area contributed by atoms with E-state index in [1.807, 2.05) is 0 Å². The van der Waals surface area contributed by atoms with Gasteiger partial charge in [0, 0.05) is 12.6 Å². The van der Waals surface area contributed by atoms with Gasteiger partial charge in [0.1, 0.15) is 5.56 Å². The summed E-state index contributed by atoms with van der Waals surface area (Å²) in [6.45, 7) is 1.19. The van der Waals surface area contributed by atoms with Crippen molar-refractivity contribution in [2.75, 3.05) is 6.54 Å². The minimum Gasteiger partial charge on any atom is -0.481 e. The fourth-order valence-electron chi connectivity index (χ4n) is 1.17. The molecule has 102 valence electrons. The van der Waals surface area contributed by atoms with Crippen molar-refractivity contribution in [3.8, 4) is 0 Å². The van der Waals surface area contributed by atoms with E-state index in [2.05, 4.69) is 10.3 Å². The number of hydrogen-bond acceptors (Lipinski definition) is 5. The maximum absolute atomic E-state index is 11.6. The van der Waals surface area contributed by atoms with Crippen LogP contribution >= 0.6 is 0 Å². The van der Waals surface area contributed by atoms with Gasteiger partial charge in [0.15, 0.2) is 0 Å². The number of hydrogen-bond donors (Lipinski definition) is 3. The number of carbonyl (C=O) groups is 2. The van der Waals surface area contributed by atoms with Crippen molar-refractivity contribution < 1.29 is 19.6 Å². The Balaban J connectivity index is 2.88. The van der Waals surface area contributed by atoms with Crippen LogP contribution in [0.5, 0.6) is 0 Å². The molecule has 0 aliphatic rings. The third kappa shape index (κ3) is 3.63. The zero-order valence-electron chi connectivity index (χ0n) is 9.87.